The second-order valence-electron chi connectivity index (χ2n) is 21.2. The Bertz CT molecular complexity index is 1490. The van der Waals surface area contributed by atoms with Gasteiger partial charge in [0.2, 0.25) is 5.91 Å². The molecular weight excluding hydrogens is 943 g/mol. The average molecular weight is 1060 g/mol. The third kappa shape index (κ3) is 40.0. The van der Waals surface area contributed by atoms with Gasteiger partial charge in [-0.05, 0) is 44.9 Å². The molecule has 1 fully saturated rings. The number of aliphatic hydroxyl groups is 5. The second kappa shape index (κ2) is 51.8. The summed E-state index contributed by atoms with van der Waals surface area (Å²) in [6.07, 6.45) is 55.2. The largest absolute Gasteiger partial charge is 0.454 e. The van der Waals surface area contributed by atoms with Crippen molar-refractivity contribution in [2.45, 2.75) is 307 Å². The second-order valence-corrected chi connectivity index (χ2v) is 21.2. The van der Waals surface area contributed by atoms with Gasteiger partial charge in [0.05, 0.1) is 25.4 Å². The van der Waals surface area contributed by atoms with Crippen LogP contribution in [0.4, 0.5) is 0 Å². The van der Waals surface area contributed by atoms with Crippen LogP contribution < -0.4 is 5.32 Å². The summed E-state index contributed by atoms with van der Waals surface area (Å²) in [7, 11) is 0. The fourth-order valence-electron chi connectivity index (χ4n) is 9.38. The number of unbranched alkanes of at least 4 members (excludes halogenated alkanes) is 31. The Kier molecular flexibility index (Phi) is 48.5. The molecule has 0 spiro atoms. The molecule has 8 atom stereocenters. The van der Waals surface area contributed by atoms with E-state index in [9.17, 15) is 35.1 Å². The Morgan fingerprint density at radius 2 is 0.960 bits per heavy atom. The first-order valence-electron chi connectivity index (χ1n) is 30.8. The lowest BCUT2D eigenvalue weighted by Crippen LogP contribution is -2.61. The topological polar surface area (TPSA) is 175 Å². The Hall–Kier alpha value is -2.90. The van der Waals surface area contributed by atoms with Gasteiger partial charge in [0.25, 0.3) is 0 Å². The van der Waals surface area contributed by atoms with Crippen molar-refractivity contribution < 1.29 is 49.3 Å². The number of nitrogens with one attached hydrogen (secondary N) is 1. The van der Waals surface area contributed by atoms with Crippen molar-refractivity contribution in [2.24, 2.45) is 0 Å². The van der Waals surface area contributed by atoms with E-state index < -0.39 is 67.4 Å². The quantitative estimate of drug-likeness (QED) is 0.0149. The molecule has 75 heavy (non-hydrogen) atoms. The number of carbonyl (C=O) groups excluding carboxylic acids is 2. The lowest BCUT2D eigenvalue weighted by atomic mass is 9.99. The summed E-state index contributed by atoms with van der Waals surface area (Å²) in [5, 5.41) is 56.9. The molecule has 1 aliphatic rings. The van der Waals surface area contributed by atoms with Gasteiger partial charge in [-0.3, -0.25) is 9.59 Å². The molecule has 1 heterocycles. The number of amides is 1. The first kappa shape index (κ1) is 70.1. The van der Waals surface area contributed by atoms with Crippen LogP contribution in [-0.2, 0) is 23.8 Å². The number of esters is 1. The maximum atomic E-state index is 13.4. The molecule has 0 aromatic heterocycles. The normalized spacial score (nSPS) is 19.7. The lowest BCUT2D eigenvalue weighted by Gasteiger charge is -2.41. The third-order valence-electron chi connectivity index (χ3n) is 14.3. The SMILES string of the molecule is CC/C=C/C=C/C=C\C=C/C=C/CCCCCC(=O)OC1C(OCC(NC(=O)C(O)CCCCCCCCCCCCCCCCCCCCCC)C(O)/C=C/CCCCCCCCCCC)OC(CO)C(O)C1O. The van der Waals surface area contributed by atoms with E-state index >= 15 is 0 Å². The third-order valence-corrected chi connectivity index (χ3v) is 14.3. The van der Waals surface area contributed by atoms with Crippen molar-refractivity contribution in [3.05, 3.63) is 72.9 Å². The smallest absolute Gasteiger partial charge is 0.306 e. The molecule has 0 radical (unpaired) electrons. The molecule has 0 bridgehead atoms. The maximum Gasteiger partial charge on any atom is 0.306 e. The molecule has 434 valence electrons. The molecule has 0 aromatic rings. The Morgan fingerprint density at radius 3 is 1.44 bits per heavy atom. The molecule has 11 nitrogen and oxygen atoms in total. The van der Waals surface area contributed by atoms with Gasteiger partial charge in [0.15, 0.2) is 12.4 Å². The minimum atomic E-state index is -1.63. The molecule has 1 amide bonds. The fourth-order valence-corrected chi connectivity index (χ4v) is 9.38. The molecule has 0 saturated carbocycles. The van der Waals surface area contributed by atoms with Gasteiger partial charge in [0.1, 0.15) is 24.4 Å². The Morgan fingerprint density at radius 1 is 0.533 bits per heavy atom. The molecule has 1 aliphatic heterocycles. The zero-order valence-corrected chi connectivity index (χ0v) is 47.9. The van der Waals surface area contributed by atoms with Crippen molar-refractivity contribution in [1.29, 1.82) is 0 Å². The molecule has 11 heteroatoms. The molecule has 1 saturated heterocycles. The van der Waals surface area contributed by atoms with E-state index in [0.717, 1.165) is 64.2 Å². The maximum absolute atomic E-state index is 13.4. The van der Waals surface area contributed by atoms with Crippen LogP contribution in [0, 0.1) is 0 Å². The molecule has 8 unspecified atom stereocenters. The molecule has 0 aromatic carbocycles. The molecule has 6 N–H and O–H groups in total. The number of allylic oxidation sites excluding steroid dienone is 11. The van der Waals surface area contributed by atoms with E-state index in [1.165, 1.54) is 148 Å². The van der Waals surface area contributed by atoms with Crippen LogP contribution in [0.5, 0.6) is 0 Å². The number of hydrogen-bond donors (Lipinski definition) is 6. The van der Waals surface area contributed by atoms with Gasteiger partial charge in [-0.1, -0.05) is 280 Å². The summed E-state index contributed by atoms with van der Waals surface area (Å²) in [6, 6.07) is -1.03. The fraction of sp³-hybridized carbons (Fsp3) is 0.781. The number of ether oxygens (including phenoxy) is 3. The summed E-state index contributed by atoms with van der Waals surface area (Å²) < 4.78 is 17.5. The first-order chi connectivity index (χ1) is 36.7. The standard InChI is InChI=1S/C64H113NO10/c1-4-7-10-13-16-19-22-24-26-27-28-29-30-32-33-36-39-42-45-48-51-57(68)63(72)65-55(56(67)50-47-44-41-38-35-21-18-15-12-9-6-3)54-73-64-62(61(71)60(70)58(53-66)74-64)75-59(69)52-49-46-43-40-37-34-31-25-23-20-17-14-11-8-5-2/h8,11,14,17,20,23,25,31,34,37,47,50,55-58,60-62,64,66-68,70-71H,4-7,9-10,12-13,15-16,18-19,21-22,24,26-30,32-33,35-36,38-46,48-49,51-54H2,1-3H3,(H,65,72)/b11-8+,17-14+,23-20-,31-25-,37-34+,50-47+. The number of rotatable bonds is 51. The first-order valence-corrected chi connectivity index (χ1v) is 30.8. The Labute approximate surface area is 458 Å². The summed E-state index contributed by atoms with van der Waals surface area (Å²) in [4.78, 5) is 26.5. The van der Waals surface area contributed by atoms with Gasteiger partial charge >= 0.3 is 5.97 Å². The molecule has 1 rings (SSSR count). The van der Waals surface area contributed by atoms with Crippen LogP contribution in [-0.4, -0.2) is 99.6 Å². The van der Waals surface area contributed by atoms with Crippen LogP contribution in [0.3, 0.4) is 0 Å². The van der Waals surface area contributed by atoms with Crippen molar-refractivity contribution in [3.63, 3.8) is 0 Å². The monoisotopic (exact) mass is 1060 g/mol. The van der Waals surface area contributed by atoms with Gasteiger partial charge in [-0.25, -0.2) is 0 Å². The van der Waals surface area contributed by atoms with E-state index in [1.807, 2.05) is 54.7 Å². The van der Waals surface area contributed by atoms with Crippen molar-refractivity contribution in [2.75, 3.05) is 13.2 Å². The highest BCUT2D eigenvalue weighted by atomic mass is 16.7. The van der Waals surface area contributed by atoms with Gasteiger partial charge in [-0.2, -0.15) is 0 Å². The Balaban J connectivity index is 2.67. The van der Waals surface area contributed by atoms with Gasteiger partial charge in [-0.15, -0.1) is 0 Å². The predicted molar refractivity (Wildman–Crippen MR) is 310 cm³/mol. The van der Waals surface area contributed by atoms with E-state index in [4.69, 9.17) is 14.2 Å². The van der Waals surface area contributed by atoms with E-state index in [0.29, 0.717) is 12.8 Å². The van der Waals surface area contributed by atoms with Crippen LogP contribution >= 0.6 is 0 Å². The summed E-state index contributed by atoms with van der Waals surface area (Å²) in [5.41, 5.74) is 0. The van der Waals surface area contributed by atoms with Crippen LogP contribution in [0.2, 0.25) is 0 Å². The minimum absolute atomic E-state index is 0.0728. The predicted octanol–water partition coefficient (Wildman–Crippen LogP) is 14.4. The average Bonchev–Trinajstić information content (AvgIpc) is 3.41. The highest BCUT2D eigenvalue weighted by molar-refractivity contribution is 5.80. The number of hydrogen-bond acceptors (Lipinski definition) is 10. The van der Waals surface area contributed by atoms with Crippen LogP contribution in [0.1, 0.15) is 258 Å². The minimum Gasteiger partial charge on any atom is -0.454 e. The summed E-state index contributed by atoms with van der Waals surface area (Å²) in [5.74, 6) is -1.24. The van der Waals surface area contributed by atoms with Crippen molar-refractivity contribution in [1.82, 2.24) is 5.32 Å². The van der Waals surface area contributed by atoms with E-state index in [-0.39, 0.29) is 19.4 Å². The van der Waals surface area contributed by atoms with E-state index in [2.05, 4.69) is 38.2 Å². The molecule has 0 aliphatic carbocycles. The summed E-state index contributed by atoms with van der Waals surface area (Å²) in [6.45, 7) is 5.62. The molecular formula is C64H113NO10. The van der Waals surface area contributed by atoms with E-state index in [1.54, 1.807) is 6.08 Å². The van der Waals surface area contributed by atoms with Gasteiger partial charge < -0.3 is 45.1 Å². The van der Waals surface area contributed by atoms with Crippen LogP contribution in [0.25, 0.3) is 0 Å². The summed E-state index contributed by atoms with van der Waals surface area (Å²) >= 11 is 0. The number of aliphatic hydroxyl groups excluding tert-OH is 5. The van der Waals surface area contributed by atoms with Crippen LogP contribution in [0.15, 0.2) is 72.9 Å². The van der Waals surface area contributed by atoms with Crippen molar-refractivity contribution >= 4 is 11.9 Å². The zero-order chi connectivity index (χ0) is 54.7. The highest BCUT2D eigenvalue weighted by Crippen LogP contribution is 2.26. The zero-order valence-electron chi connectivity index (χ0n) is 47.9. The highest BCUT2D eigenvalue weighted by Gasteiger charge is 2.47. The lowest BCUT2D eigenvalue weighted by molar-refractivity contribution is -0.305. The number of carbonyl (C=O) groups is 2. The van der Waals surface area contributed by atoms with Crippen molar-refractivity contribution in [3.8, 4) is 0 Å². The van der Waals surface area contributed by atoms with Gasteiger partial charge in [0, 0.05) is 6.42 Å².